The van der Waals surface area contributed by atoms with E-state index in [1.807, 2.05) is 7.05 Å². The molecule has 170 valence electrons. The monoisotopic (exact) mass is 434 g/mol. The molecular formula is C26H34N4O2. The van der Waals surface area contributed by atoms with Gasteiger partial charge in [-0.15, -0.1) is 0 Å². The van der Waals surface area contributed by atoms with Crippen LogP contribution in [-0.4, -0.2) is 74.3 Å². The molecule has 0 saturated carbocycles. The number of rotatable bonds is 5. The van der Waals surface area contributed by atoms with E-state index < -0.39 is 0 Å². The summed E-state index contributed by atoms with van der Waals surface area (Å²) in [6.45, 7) is 6.27. The average molecular weight is 435 g/mol. The van der Waals surface area contributed by atoms with Gasteiger partial charge in [0.25, 0.3) is 0 Å². The number of hydrogen-bond acceptors (Lipinski definition) is 4. The molecule has 0 aliphatic carbocycles. The van der Waals surface area contributed by atoms with Crippen molar-refractivity contribution in [1.82, 2.24) is 15.1 Å². The fourth-order valence-corrected chi connectivity index (χ4v) is 5.35. The van der Waals surface area contributed by atoms with E-state index in [0.29, 0.717) is 12.0 Å². The molecule has 0 bridgehead atoms. The average Bonchev–Trinajstić information content (AvgIpc) is 3.49. The molecule has 3 heterocycles. The van der Waals surface area contributed by atoms with Crippen molar-refractivity contribution in [3.63, 3.8) is 0 Å². The van der Waals surface area contributed by atoms with Crippen LogP contribution < -0.4 is 5.32 Å². The van der Waals surface area contributed by atoms with Crippen molar-refractivity contribution in [1.29, 1.82) is 0 Å². The van der Waals surface area contributed by atoms with Crippen molar-refractivity contribution in [3.05, 3.63) is 71.8 Å². The van der Waals surface area contributed by atoms with Gasteiger partial charge >= 0.3 is 0 Å². The molecule has 0 radical (unpaired) electrons. The molecule has 4 atom stereocenters. The molecule has 1 N–H and O–H groups in total. The third-order valence-corrected chi connectivity index (χ3v) is 7.02. The van der Waals surface area contributed by atoms with E-state index in [0.717, 1.165) is 58.3 Å². The van der Waals surface area contributed by atoms with Gasteiger partial charge in [0.1, 0.15) is 0 Å². The summed E-state index contributed by atoms with van der Waals surface area (Å²) in [4.78, 5) is 9.56. The molecule has 0 aromatic heterocycles. The first-order valence-electron chi connectivity index (χ1n) is 11.8. The second kappa shape index (κ2) is 10.0. The number of guanidine groups is 1. The van der Waals surface area contributed by atoms with Gasteiger partial charge in [0.05, 0.1) is 24.9 Å². The standard InChI is InChI=1S/C26H34N4O2/c1-27-26(28-16-22-12-14-32-25(22)21-10-6-3-7-11-21)30-18-23-24(19-30)31-15-13-29(23)17-20-8-4-2-5-9-20/h2-11,22-25H,12-19H2,1H3,(H,27,28). The lowest BCUT2D eigenvalue weighted by molar-refractivity contribution is -0.0502. The van der Waals surface area contributed by atoms with Gasteiger partial charge < -0.3 is 19.7 Å². The fraction of sp³-hybridized carbons (Fsp3) is 0.500. The molecule has 32 heavy (non-hydrogen) atoms. The molecule has 0 spiro atoms. The Kier molecular flexibility index (Phi) is 6.72. The molecule has 3 fully saturated rings. The number of nitrogens with one attached hydrogen (secondary N) is 1. The molecule has 3 aliphatic heterocycles. The number of aliphatic imine (C=N–C) groups is 1. The van der Waals surface area contributed by atoms with Gasteiger partial charge in [-0.2, -0.15) is 0 Å². The molecule has 0 amide bonds. The van der Waals surface area contributed by atoms with Gasteiger partial charge in [-0.25, -0.2) is 0 Å². The Balaban J connectivity index is 1.20. The molecule has 2 aromatic rings. The zero-order chi connectivity index (χ0) is 21.8. The number of morpholine rings is 1. The van der Waals surface area contributed by atoms with Gasteiger partial charge in [-0.1, -0.05) is 60.7 Å². The third kappa shape index (κ3) is 4.68. The minimum Gasteiger partial charge on any atom is -0.373 e. The Morgan fingerprint density at radius 3 is 2.56 bits per heavy atom. The summed E-state index contributed by atoms with van der Waals surface area (Å²) in [6, 6.07) is 21.7. The first-order valence-corrected chi connectivity index (χ1v) is 11.8. The van der Waals surface area contributed by atoms with Gasteiger partial charge in [-0.3, -0.25) is 9.89 Å². The maximum absolute atomic E-state index is 6.16. The highest BCUT2D eigenvalue weighted by atomic mass is 16.5. The number of likely N-dealkylation sites (tertiary alicyclic amines) is 1. The minimum absolute atomic E-state index is 0.160. The number of ether oxygens (including phenoxy) is 2. The lowest BCUT2D eigenvalue weighted by Crippen LogP contribution is -2.50. The van der Waals surface area contributed by atoms with Gasteiger partial charge in [-0.05, 0) is 17.5 Å². The van der Waals surface area contributed by atoms with Crippen LogP contribution in [0.4, 0.5) is 0 Å². The normalized spacial score (nSPS) is 28.7. The second-order valence-electron chi connectivity index (χ2n) is 9.02. The zero-order valence-electron chi connectivity index (χ0n) is 18.9. The van der Waals surface area contributed by atoms with Crippen molar-refractivity contribution in [2.75, 3.05) is 46.4 Å². The van der Waals surface area contributed by atoms with E-state index in [4.69, 9.17) is 9.47 Å². The quantitative estimate of drug-likeness (QED) is 0.579. The first-order chi connectivity index (χ1) is 15.8. The summed E-state index contributed by atoms with van der Waals surface area (Å²) < 4.78 is 12.2. The summed E-state index contributed by atoms with van der Waals surface area (Å²) >= 11 is 0. The summed E-state index contributed by atoms with van der Waals surface area (Å²) in [7, 11) is 1.88. The molecule has 4 unspecified atom stereocenters. The van der Waals surface area contributed by atoms with Crippen LogP contribution in [0.25, 0.3) is 0 Å². The number of hydrogen-bond donors (Lipinski definition) is 1. The maximum atomic E-state index is 6.16. The molecule has 6 nitrogen and oxygen atoms in total. The minimum atomic E-state index is 0.160. The summed E-state index contributed by atoms with van der Waals surface area (Å²) in [6.07, 6.45) is 1.47. The fourth-order valence-electron chi connectivity index (χ4n) is 5.35. The zero-order valence-corrected chi connectivity index (χ0v) is 18.9. The molecule has 3 aliphatic rings. The van der Waals surface area contributed by atoms with Crippen molar-refractivity contribution >= 4 is 5.96 Å². The van der Waals surface area contributed by atoms with Gasteiger partial charge in [0.2, 0.25) is 0 Å². The number of fused-ring (bicyclic) bond motifs is 1. The highest BCUT2D eigenvalue weighted by Crippen LogP contribution is 2.34. The topological polar surface area (TPSA) is 49.3 Å². The lowest BCUT2D eigenvalue weighted by Gasteiger charge is -2.36. The maximum Gasteiger partial charge on any atom is 0.193 e. The summed E-state index contributed by atoms with van der Waals surface area (Å²) in [5, 5.41) is 3.65. The van der Waals surface area contributed by atoms with Crippen LogP contribution in [0, 0.1) is 5.92 Å². The second-order valence-corrected chi connectivity index (χ2v) is 9.02. The Hall–Kier alpha value is -2.41. The van der Waals surface area contributed by atoms with E-state index in [-0.39, 0.29) is 12.2 Å². The van der Waals surface area contributed by atoms with Crippen molar-refractivity contribution in [3.8, 4) is 0 Å². The molecule has 6 heteroatoms. The van der Waals surface area contributed by atoms with Crippen LogP contribution in [0.5, 0.6) is 0 Å². The van der Waals surface area contributed by atoms with E-state index in [2.05, 4.69) is 80.8 Å². The van der Waals surface area contributed by atoms with Crippen LogP contribution in [-0.2, 0) is 16.0 Å². The first kappa shape index (κ1) is 21.4. The number of nitrogens with zero attached hydrogens (tertiary/aromatic N) is 3. The molecule has 3 saturated heterocycles. The van der Waals surface area contributed by atoms with Crippen LogP contribution >= 0.6 is 0 Å². The lowest BCUT2D eigenvalue weighted by atomic mass is 9.95. The van der Waals surface area contributed by atoms with Gasteiger partial charge in [0.15, 0.2) is 5.96 Å². The Labute approximate surface area is 191 Å². The van der Waals surface area contributed by atoms with Crippen LogP contribution in [0.2, 0.25) is 0 Å². The molecule has 2 aromatic carbocycles. The van der Waals surface area contributed by atoms with Gasteiger partial charge in [0, 0.05) is 52.3 Å². The van der Waals surface area contributed by atoms with E-state index in [1.54, 1.807) is 0 Å². The third-order valence-electron chi connectivity index (χ3n) is 7.02. The van der Waals surface area contributed by atoms with Crippen molar-refractivity contribution in [2.45, 2.75) is 31.2 Å². The molecular weight excluding hydrogens is 400 g/mol. The van der Waals surface area contributed by atoms with Crippen LogP contribution in [0.3, 0.4) is 0 Å². The summed E-state index contributed by atoms with van der Waals surface area (Å²) in [5.41, 5.74) is 2.63. The Morgan fingerprint density at radius 2 is 1.78 bits per heavy atom. The molecule has 5 rings (SSSR count). The smallest absolute Gasteiger partial charge is 0.193 e. The van der Waals surface area contributed by atoms with Crippen LogP contribution in [0.1, 0.15) is 23.7 Å². The largest absolute Gasteiger partial charge is 0.373 e. The number of benzene rings is 2. The van der Waals surface area contributed by atoms with Crippen LogP contribution in [0.15, 0.2) is 65.7 Å². The van der Waals surface area contributed by atoms with Crippen molar-refractivity contribution in [2.24, 2.45) is 10.9 Å². The predicted octanol–water partition coefficient (Wildman–Crippen LogP) is 2.92. The highest BCUT2D eigenvalue weighted by molar-refractivity contribution is 5.80. The highest BCUT2D eigenvalue weighted by Gasteiger charge is 2.41. The van der Waals surface area contributed by atoms with Crippen molar-refractivity contribution < 1.29 is 9.47 Å². The van der Waals surface area contributed by atoms with E-state index >= 15 is 0 Å². The Bertz CT molecular complexity index is 891. The Morgan fingerprint density at radius 1 is 1.00 bits per heavy atom. The SMILES string of the molecule is CN=C(NCC1CCOC1c1ccccc1)N1CC2OCCN(Cc3ccccc3)C2C1. The van der Waals surface area contributed by atoms with E-state index in [1.165, 1.54) is 11.1 Å². The van der Waals surface area contributed by atoms with E-state index in [9.17, 15) is 0 Å². The predicted molar refractivity (Wildman–Crippen MR) is 127 cm³/mol. The summed E-state index contributed by atoms with van der Waals surface area (Å²) in [5.74, 6) is 1.42.